The smallest absolute Gasteiger partial charge is 0.306 e. The van der Waals surface area contributed by atoms with E-state index in [1.807, 2.05) is 0 Å². The molecule has 62 heavy (non-hydrogen) atoms. The van der Waals surface area contributed by atoms with E-state index >= 15 is 0 Å². The molecule has 10 nitrogen and oxygen atoms in total. The van der Waals surface area contributed by atoms with Crippen LogP contribution in [0.4, 0.5) is 0 Å². The Bertz CT molecular complexity index is 1060. The molecule has 0 saturated carbocycles. The van der Waals surface area contributed by atoms with Crippen molar-refractivity contribution in [3.63, 3.8) is 0 Å². The summed E-state index contributed by atoms with van der Waals surface area (Å²) in [5.74, 6) is -0.847. The summed E-state index contributed by atoms with van der Waals surface area (Å²) in [6, 6.07) is 0. The molecule has 0 aromatic rings. The van der Waals surface area contributed by atoms with Crippen LogP contribution in [-0.4, -0.2) is 89.0 Å². The SMILES string of the molecule is CCCCCCCCCCC/C=C/C/C=C/CCCC(=O)OC[C@H](CO[C@@H]1O[C@H](CO)[C@H](O)C(O)C1O)OC(=O)CCCCCCCCCCCCCCCCCCCCCC. The second-order valence-corrected chi connectivity index (χ2v) is 18.0. The van der Waals surface area contributed by atoms with Gasteiger partial charge in [0, 0.05) is 12.8 Å². The lowest BCUT2D eigenvalue weighted by atomic mass is 9.99. The first-order chi connectivity index (χ1) is 30.3. The number of ether oxygens (including phenoxy) is 4. The number of aliphatic hydroxyl groups excluding tert-OH is 4. The molecule has 6 atom stereocenters. The minimum Gasteiger partial charge on any atom is -0.462 e. The second kappa shape index (κ2) is 43.1. The molecule has 10 heteroatoms. The highest BCUT2D eigenvalue weighted by Gasteiger charge is 2.44. The van der Waals surface area contributed by atoms with E-state index in [0.717, 1.165) is 38.5 Å². The number of allylic oxidation sites excluding steroid dienone is 4. The summed E-state index contributed by atoms with van der Waals surface area (Å²) in [6.45, 7) is 3.42. The van der Waals surface area contributed by atoms with Crippen LogP contribution in [0.15, 0.2) is 24.3 Å². The molecule has 1 heterocycles. The maximum atomic E-state index is 12.8. The fourth-order valence-corrected chi connectivity index (χ4v) is 7.99. The first kappa shape index (κ1) is 58.2. The van der Waals surface area contributed by atoms with E-state index in [4.69, 9.17) is 18.9 Å². The van der Waals surface area contributed by atoms with Gasteiger partial charge in [-0.25, -0.2) is 0 Å². The van der Waals surface area contributed by atoms with Crippen LogP contribution in [0.3, 0.4) is 0 Å². The van der Waals surface area contributed by atoms with Gasteiger partial charge in [0.05, 0.1) is 13.2 Å². The van der Waals surface area contributed by atoms with Crippen LogP contribution in [0.2, 0.25) is 0 Å². The zero-order chi connectivity index (χ0) is 45.1. The number of unbranched alkanes of at least 4 members (excludes halogenated alkanes) is 29. The molecule has 1 rings (SSSR count). The van der Waals surface area contributed by atoms with E-state index in [2.05, 4.69) is 38.2 Å². The first-order valence-electron chi connectivity index (χ1n) is 25.9. The molecule has 0 spiro atoms. The zero-order valence-corrected chi connectivity index (χ0v) is 39.9. The third-order valence-corrected chi connectivity index (χ3v) is 12.1. The quantitative estimate of drug-likeness (QED) is 0.0264. The van der Waals surface area contributed by atoms with Crippen LogP contribution in [0.25, 0.3) is 0 Å². The number of carbonyl (C=O) groups is 2. The molecule has 0 aliphatic carbocycles. The molecule has 4 N–H and O–H groups in total. The van der Waals surface area contributed by atoms with Crippen molar-refractivity contribution in [3.8, 4) is 0 Å². The van der Waals surface area contributed by atoms with Gasteiger partial charge in [-0.3, -0.25) is 9.59 Å². The molecule has 1 aliphatic heterocycles. The first-order valence-corrected chi connectivity index (χ1v) is 25.9. The summed E-state index contributed by atoms with van der Waals surface area (Å²) in [7, 11) is 0. The van der Waals surface area contributed by atoms with Crippen molar-refractivity contribution in [2.45, 2.75) is 275 Å². The van der Waals surface area contributed by atoms with E-state index in [0.29, 0.717) is 12.8 Å². The van der Waals surface area contributed by atoms with Crippen molar-refractivity contribution in [2.75, 3.05) is 19.8 Å². The number of esters is 2. The van der Waals surface area contributed by atoms with Gasteiger partial charge in [0.2, 0.25) is 0 Å². The fraction of sp³-hybridized carbons (Fsp3) is 0.885. The standard InChI is InChI=1S/C52H96O10/c1-3-5-7-9-11-13-15-17-19-21-22-23-25-27-29-31-33-35-37-39-41-48(55)61-45(44-60-52-51(58)50(57)49(56)46(42-53)62-52)43-59-47(54)40-38-36-34-32-30-28-26-24-20-18-16-14-12-10-8-6-4-2/h26,28,32,34,45-46,49-53,56-58H,3-25,27,29-31,33,35-44H2,1-2H3/b28-26+,34-32+/t45-,46-,49+,50?,51?,52-/m1/s1. The van der Waals surface area contributed by atoms with E-state index in [1.54, 1.807) is 0 Å². The predicted molar refractivity (Wildman–Crippen MR) is 252 cm³/mol. The molecule has 2 unspecified atom stereocenters. The molecule has 1 fully saturated rings. The van der Waals surface area contributed by atoms with Crippen molar-refractivity contribution in [3.05, 3.63) is 24.3 Å². The Labute approximate surface area is 379 Å². The molecular weight excluding hydrogens is 785 g/mol. The maximum absolute atomic E-state index is 12.8. The molecule has 0 aromatic carbocycles. The third-order valence-electron chi connectivity index (χ3n) is 12.1. The van der Waals surface area contributed by atoms with Crippen LogP contribution in [0, 0.1) is 0 Å². The van der Waals surface area contributed by atoms with Gasteiger partial charge in [-0.15, -0.1) is 0 Å². The van der Waals surface area contributed by atoms with Gasteiger partial charge in [-0.2, -0.15) is 0 Å². The largest absolute Gasteiger partial charge is 0.462 e. The van der Waals surface area contributed by atoms with E-state index < -0.39 is 55.4 Å². The number of hydrogen-bond acceptors (Lipinski definition) is 10. The van der Waals surface area contributed by atoms with Crippen LogP contribution < -0.4 is 0 Å². The van der Waals surface area contributed by atoms with Gasteiger partial charge in [-0.05, 0) is 38.5 Å². The topological polar surface area (TPSA) is 152 Å². The molecule has 364 valence electrons. The number of rotatable bonds is 44. The molecule has 0 aromatic heterocycles. The molecule has 0 amide bonds. The van der Waals surface area contributed by atoms with Gasteiger partial charge in [0.25, 0.3) is 0 Å². The average molecular weight is 881 g/mol. The second-order valence-electron chi connectivity index (χ2n) is 18.0. The van der Waals surface area contributed by atoms with Crippen molar-refractivity contribution >= 4 is 11.9 Å². The Morgan fingerprint density at radius 3 is 1.39 bits per heavy atom. The summed E-state index contributed by atoms with van der Waals surface area (Å²) in [4.78, 5) is 25.4. The summed E-state index contributed by atoms with van der Waals surface area (Å²) in [5, 5.41) is 40.2. The highest BCUT2D eigenvalue weighted by atomic mass is 16.7. The van der Waals surface area contributed by atoms with Crippen LogP contribution in [-0.2, 0) is 28.5 Å². The minimum absolute atomic E-state index is 0.215. The van der Waals surface area contributed by atoms with E-state index in [1.165, 1.54) is 161 Å². The monoisotopic (exact) mass is 881 g/mol. The molecule has 1 saturated heterocycles. The Kier molecular flexibility index (Phi) is 40.4. The normalized spacial score (nSPS) is 19.7. The Morgan fingerprint density at radius 2 is 0.919 bits per heavy atom. The van der Waals surface area contributed by atoms with Crippen molar-refractivity contribution in [1.29, 1.82) is 0 Å². The molecule has 0 bridgehead atoms. The van der Waals surface area contributed by atoms with Crippen LogP contribution in [0.5, 0.6) is 0 Å². The van der Waals surface area contributed by atoms with Crippen LogP contribution in [0.1, 0.15) is 239 Å². The molecular formula is C52H96O10. The van der Waals surface area contributed by atoms with E-state index in [9.17, 15) is 30.0 Å². The number of carbonyl (C=O) groups excluding carboxylic acids is 2. The Hall–Kier alpha value is -1.82. The average Bonchev–Trinajstić information content (AvgIpc) is 3.27. The lowest BCUT2D eigenvalue weighted by Crippen LogP contribution is -2.59. The van der Waals surface area contributed by atoms with Gasteiger partial charge in [-0.1, -0.05) is 212 Å². The maximum Gasteiger partial charge on any atom is 0.306 e. The predicted octanol–water partition coefficient (Wildman–Crippen LogP) is 12.1. The third kappa shape index (κ3) is 33.7. The fourth-order valence-electron chi connectivity index (χ4n) is 7.99. The Morgan fingerprint density at radius 1 is 0.500 bits per heavy atom. The van der Waals surface area contributed by atoms with Gasteiger partial charge in [0.1, 0.15) is 31.0 Å². The van der Waals surface area contributed by atoms with Crippen molar-refractivity contribution in [1.82, 2.24) is 0 Å². The Balaban J connectivity index is 2.27. The van der Waals surface area contributed by atoms with Crippen molar-refractivity contribution in [2.24, 2.45) is 0 Å². The zero-order valence-electron chi connectivity index (χ0n) is 39.9. The molecule has 0 radical (unpaired) electrons. The number of aliphatic hydroxyl groups is 4. The minimum atomic E-state index is -1.60. The summed E-state index contributed by atoms with van der Waals surface area (Å²) < 4.78 is 22.2. The lowest BCUT2D eigenvalue weighted by molar-refractivity contribution is -0.305. The van der Waals surface area contributed by atoms with E-state index in [-0.39, 0.29) is 26.1 Å². The summed E-state index contributed by atoms with van der Waals surface area (Å²) in [6.07, 6.45) is 42.0. The lowest BCUT2D eigenvalue weighted by Gasteiger charge is -2.39. The van der Waals surface area contributed by atoms with Crippen molar-refractivity contribution < 1.29 is 49.0 Å². The van der Waals surface area contributed by atoms with Gasteiger partial charge < -0.3 is 39.4 Å². The highest BCUT2D eigenvalue weighted by molar-refractivity contribution is 5.70. The molecule has 1 aliphatic rings. The van der Waals surface area contributed by atoms with Crippen LogP contribution >= 0.6 is 0 Å². The van der Waals surface area contributed by atoms with Gasteiger partial charge in [0.15, 0.2) is 12.4 Å². The number of hydrogen-bond donors (Lipinski definition) is 4. The summed E-state index contributed by atoms with van der Waals surface area (Å²) in [5.41, 5.74) is 0. The highest BCUT2D eigenvalue weighted by Crippen LogP contribution is 2.23. The van der Waals surface area contributed by atoms with Gasteiger partial charge >= 0.3 is 11.9 Å². The summed E-state index contributed by atoms with van der Waals surface area (Å²) >= 11 is 0.